The third-order valence-electron chi connectivity index (χ3n) is 7.34. The first-order valence-corrected chi connectivity index (χ1v) is 12.1. The molecule has 0 spiro atoms. The summed E-state index contributed by atoms with van der Waals surface area (Å²) in [4.78, 5) is 25.5. The minimum absolute atomic E-state index is 0.0837. The van der Waals surface area contributed by atoms with Gasteiger partial charge in [0.1, 0.15) is 22.7 Å². The van der Waals surface area contributed by atoms with Crippen LogP contribution in [-0.2, 0) is 20.8 Å². The Bertz CT molecular complexity index is 1630. The molecule has 2 bridgehead atoms. The number of benzene rings is 4. The van der Waals surface area contributed by atoms with Crippen LogP contribution >= 0.6 is 11.6 Å². The third-order valence-corrected chi connectivity index (χ3v) is 7.58. The lowest BCUT2D eigenvalue weighted by Gasteiger charge is -2.53. The summed E-state index contributed by atoms with van der Waals surface area (Å²) in [5.41, 5.74) is -1.37. The second-order valence-electron chi connectivity index (χ2n) is 9.27. The van der Waals surface area contributed by atoms with E-state index in [-0.39, 0.29) is 12.2 Å². The van der Waals surface area contributed by atoms with E-state index in [2.05, 4.69) is 6.58 Å². The summed E-state index contributed by atoms with van der Waals surface area (Å²) in [7, 11) is 0. The Balaban J connectivity index is 1.44. The van der Waals surface area contributed by atoms with Crippen molar-refractivity contribution in [2.75, 3.05) is 0 Å². The average Bonchev–Trinajstić information content (AvgIpc) is 2.91. The van der Waals surface area contributed by atoms with Crippen LogP contribution in [0.5, 0.6) is 11.5 Å². The first kappa shape index (κ1) is 23.4. The van der Waals surface area contributed by atoms with Gasteiger partial charge in [0.15, 0.2) is 0 Å². The van der Waals surface area contributed by atoms with Crippen LogP contribution in [0.3, 0.4) is 0 Å². The minimum Gasteiger partial charge on any atom is -0.426 e. The van der Waals surface area contributed by atoms with E-state index in [1.807, 2.05) is 0 Å². The van der Waals surface area contributed by atoms with E-state index < -0.39 is 29.1 Å². The highest BCUT2D eigenvalue weighted by molar-refractivity contribution is 6.30. The molecule has 6 nitrogen and oxygen atoms in total. The molecule has 4 aromatic rings. The summed E-state index contributed by atoms with van der Waals surface area (Å²) in [6, 6.07) is 22.0. The summed E-state index contributed by atoms with van der Waals surface area (Å²) < 4.78 is 11.2. The van der Waals surface area contributed by atoms with Crippen LogP contribution in [0.2, 0.25) is 5.02 Å². The number of rotatable bonds is 4. The molecule has 3 aliphatic carbocycles. The quantitative estimate of drug-likeness (QED) is 0.227. The van der Waals surface area contributed by atoms with E-state index >= 15 is 0 Å². The van der Waals surface area contributed by atoms with Gasteiger partial charge in [-0.25, -0.2) is 4.79 Å². The standard InChI is InChI=1S/C30H21ClO6/c1-2-27(32)36-25-13-14-26(19-8-4-3-7-18(19)25)37-28(33)24-16-29(34)20-9-5-6-10-21(20)30(24,35)22-12-11-17(31)15-23(22)29/h2-15,24,34-35H,1,16H2. The number of carbonyl (C=O) groups excluding carboxylic acids is 2. The van der Waals surface area contributed by atoms with E-state index in [0.29, 0.717) is 43.8 Å². The maximum absolute atomic E-state index is 13.7. The summed E-state index contributed by atoms with van der Waals surface area (Å²) in [5, 5.41) is 25.7. The van der Waals surface area contributed by atoms with Gasteiger partial charge in [-0.05, 0) is 46.5 Å². The molecule has 0 saturated heterocycles. The van der Waals surface area contributed by atoms with Gasteiger partial charge in [-0.3, -0.25) is 4.79 Å². The van der Waals surface area contributed by atoms with Crippen LogP contribution in [0, 0.1) is 5.92 Å². The molecule has 2 N–H and O–H groups in total. The molecule has 37 heavy (non-hydrogen) atoms. The van der Waals surface area contributed by atoms with Gasteiger partial charge < -0.3 is 19.7 Å². The van der Waals surface area contributed by atoms with Gasteiger partial charge in [0.2, 0.25) is 0 Å². The largest absolute Gasteiger partial charge is 0.426 e. The zero-order chi connectivity index (χ0) is 25.9. The Hall–Kier alpha value is -3.97. The van der Waals surface area contributed by atoms with E-state index in [4.69, 9.17) is 21.1 Å². The minimum atomic E-state index is -1.73. The average molecular weight is 513 g/mol. The SMILES string of the molecule is C=CC(=O)Oc1ccc(OC(=O)C2CC3(O)c4ccccc4C2(O)c2ccc(Cl)cc23)c2ccccc12. The van der Waals surface area contributed by atoms with Crippen LogP contribution in [0.1, 0.15) is 28.7 Å². The molecule has 0 aliphatic heterocycles. The summed E-state index contributed by atoms with van der Waals surface area (Å²) in [5.74, 6) is -1.87. The lowest BCUT2D eigenvalue weighted by atomic mass is 9.54. The maximum atomic E-state index is 13.7. The maximum Gasteiger partial charge on any atom is 0.335 e. The highest BCUT2D eigenvalue weighted by atomic mass is 35.5. The van der Waals surface area contributed by atoms with Gasteiger partial charge in [-0.1, -0.05) is 72.8 Å². The van der Waals surface area contributed by atoms with Gasteiger partial charge in [0.25, 0.3) is 0 Å². The Kier molecular flexibility index (Phi) is 5.24. The van der Waals surface area contributed by atoms with Gasteiger partial charge in [0, 0.05) is 28.3 Å². The number of ether oxygens (including phenoxy) is 2. The fourth-order valence-corrected chi connectivity index (χ4v) is 5.87. The molecule has 7 rings (SSSR count). The van der Waals surface area contributed by atoms with Crippen LogP contribution in [0.15, 0.2) is 91.5 Å². The molecule has 0 radical (unpaired) electrons. The molecule has 3 unspecified atom stereocenters. The molecule has 0 fully saturated rings. The number of esters is 2. The predicted molar refractivity (Wildman–Crippen MR) is 137 cm³/mol. The number of hydrogen-bond donors (Lipinski definition) is 2. The number of carbonyl (C=O) groups is 2. The molecule has 7 heteroatoms. The molecule has 0 saturated carbocycles. The Morgan fingerprint density at radius 1 is 0.838 bits per heavy atom. The molecule has 184 valence electrons. The summed E-state index contributed by atoms with van der Waals surface area (Å²) >= 11 is 6.24. The normalized spacial score (nSPS) is 23.2. The molecule has 4 aromatic carbocycles. The molecule has 3 aliphatic rings. The number of halogens is 1. The Morgan fingerprint density at radius 2 is 1.43 bits per heavy atom. The number of hydrogen-bond acceptors (Lipinski definition) is 6. The lowest BCUT2D eigenvalue weighted by molar-refractivity contribution is -0.157. The number of aliphatic hydroxyl groups is 2. The van der Waals surface area contributed by atoms with Crippen molar-refractivity contribution < 1.29 is 29.3 Å². The molecule has 0 aromatic heterocycles. The highest BCUT2D eigenvalue weighted by Crippen LogP contribution is 2.60. The fraction of sp³-hybridized carbons (Fsp3) is 0.133. The predicted octanol–water partition coefficient (Wildman–Crippen LogP) is 5.00. The van der Waals surface area contributed by atoms with E-state index in [0.717, 1.165) is 6.08 Å². The van der Waals surface area contributed by atoms with Crippen molar-refractivity contribution in [1.82, 2.24) is 0 Å². The van der Waals surface area contributed by atoms with Crippen molar-refractivity contribution in [3.05, 3.63) is 119 Å². The molecule has 0 amide bonds. The Morgan fingerprint density at radius 3 is 2.11 bits per heavy atom. The first-order valence-electron chi connectivity index (χ1n) is 11.7. The fourth-order valence-electron chi connectivity index (χ4n) is 5.70. The molecular formula is C30H21ClO6. The van der Waals surface area contributed by atoms with Gasteiger partial charge in [-0.15, -0.1) is 0 Å². The lowest BCUT2D eigenvalue weighted by Crippen LogP contribution is -2.57. The van der Waals surface area contributed by atoms with Crippen molar-refractivity contribution in [2.24, 2.45) is 5.92 Å². The molecule has 3 atom stereocenters. The van der Waals surface area contributed by atoms with Crippen LogP contribution in [-0.4, -0.2) is 22.2 Å². The van der Waals surface area contributed by atoms with E-state index in [1.54, 1.807) is 66.7 Å². The van der Waals surface area contributed by atoms with Crippen molar-refractivity contribution in [3.63, 3.8) is 0 Å². The third kappa shape index (κ3) is 3.34. The monoisotopic (exact) mass is 512 g/mol. The number of fused-ring (bicyclic) bond motifs is 2. The first-order chi connectivity index (χ1) is 17.8. The van der Waals surface area contributed by atoms with Crippen molar-refractivity contribution in [2.45, 2.75) is 17.6 Å². The van der Waals surface area contributed by atoms with Crippen molar-refractivity contribution in [1.29, 1.82) is 0 Å². The van der Waals surface area contributed by atoms with E-state index in [9.17, 15) is 19.8 Å². The van der Waals surface area contributed by atoms with Crippen molar-refractivity contribution >= 4 is 34.3 Å². The zero-order valence-electron chi connectivity index (χ0n) is 19.5. The smallest absolute Gasteiger partial charge is 0.335 e. The van der Waals surface area contributed by atoms with Gasteiger partial charge >= 0.3 is 11.9 Å². The van der Waals surface area contributed by atoms with E-state index in [1.165, 1.54) is 12.1 Å². The zero-order valence-corrected chi connectivity index (χ0v) is 20.2. The van der Waals surface area contributed by atoms with Gasteiger partial charge in [-0.2, -0.15) is 0 Å². The summed E-state index contributed by atoms with van der Waals surface area (Å²) in [6.07, 6.45) is 0.981. The summed E-state index contributed by atoms with van der Waals surface area (Å²) in [6.45, 7) is 3.42. The Labute approximate surface area is 217 Å². The second-order valence-corrected chi connectivity index (χ2v) is 9.71. The highest BCUT2D eigenvalue weighted by Gasteiger charge is 2.62. The second kappa shape index (κ2) is 8.28. The topological polar surface area (TPSA) is 93.1 Å². The van der Waals surface area contributed by atoms with Crippen molar-refractivity contribution in [3.8, 4) is 11.5 Å². The van der Waals surface area contributed by atoms with Crippen LogP contribution in [0.4, 0.5) is 0 Å². The molecular weight excluding hydrogens is 492 g/mol. The van der Waals surface area contributed by atoms with Gasteiger partial charge in [0.05, 0.1) is 5.92 Å². The molecule has 0 heterocycles. The van der Waals surface area contributed by atoms with Crippen LogP contribution in [0.25, 0.3) is 10.8 Å². The van der Waals surface area contributed by atoms with Crippen LogP contribution < -0.4 is 9.47 Å².